The summed E-state index contributed by atoms with van der Waals surface area (Å²) in [7, 11) is 0. The van der Waals surface area contributed by atoms with Gasteiger partial charge in [-0.05, 0) is 136 Å². The maximum atomic E-state index is 9.74. The van der Waals surface area contributed by atoms with Gasteiger partial charge in [-0.25, -0.2) is 0 Å². The molecular formula is C75H152O26. The van der Waals surface area contributed by atoms with Gasteiger partial charge in [0.25, 0.3) is 0 Å². The smallest absolute Gasteiger partial charge is 0.0785 e. The highest BCUT2D eigenvalue weighted by molar-refractivity contribution is 4.84. The van der Waals surface area contributed by atoms with Crippen molar-refractivity contribution in [2.75, 3.05) is 198 Å². The monoisotopic (exact) mass is 1470 g/mol. The first-order valence-electron chi connectivity index (χ1n) is 37.8. The summed E-state index contributed by atoms with van der Waals surface area (Å²) in [6.07, 6.45) is -1.37. The van der Waals surface area contributed by atoms with Crippen molar-refractivity contribution in [3.05, 3.63) is 0 Å². The Morgan fingerprint density at radius 1 is 0.178 bits per heavy atom. The standard InChI is InChI=1S/C75H152O26/c1-21-71(46-95-66(16)37-86-43-72(22-2,47-90-56(6)26-76)48-91-57(7)27-77,41-84-35-63(13)89-40-68(18)99-52-73(23-3,49-92-58(8)28-78)44-87-38-69(19)100-61(11)31-81)42-85-36-67(17)97-51-74(24-4,45-88-39-70(20)101-62(12)32-82)50-96-64(14)33-83-34-65(15)98-55-75(25-5,53-93-59(9)29-79)54-94-60(10)30-80/h56-70,76-82H,21-55H2,1-20H3/t56?,57?,58?,59?,60?,61-,62?,63?,64?,65?,66?,67?,68?,69?,70?,71?,72?,73?,74?,75?/m1/s1. The van der Waals surface area contributed by atoms with Gasteiger partial charge in [0.1, 0.15) is 0 Å². The van der Waals surface area contributed by atoms with Crippen LogP contribution in [0.25, 0.3) is 0 Å². The van der Waals surface area contributed by atoms with Crippen molar-refractivity contribution in [1.82, 2.24) is 0 Å². The second-order valence-electron chi connectivity index (χ2n) is 29.5. The van der Waals surface area contributed by atoms with E-state index in [-0.39, 0.29) is 171 Å². The van der Waals surface area contributed by atoms with Gasteiger partial charge in [-0.2, -0.15) is 0 Å². The fourth-order valence-corrected chi connectivity index (χ4v) is 9.76. The van der Waals surface area contributed by atoms with E-state index in [1.54, 1.807) is 0 Å². The molecule has 0 saturated carbocycles. The van der Waals surface area contributed by atoms with Crippen molar-refractivity contribution in [3.8, 4) is 0 Å². The first kappa shape index (κ1) is 100.0. The number of ether oxygens (including phenoxy) is 19. The second-order valence-corrected chi connectivity index (χ2v) is 29.5. The maximum absolute atomic E-state index is 9.74. The largest absolute Gasteiger partial charge is 0.394 e. The molecule has 0 aliphatic rings. The summed E-state index contributed by atoms with van der Waals surface area (Å²) >= 11 is 0. The highest BCUT2D eigenvalue weighted by atomic mass is 16.6. The van der Waals surface area contributed by atoms with E-state index < -0.39 is 27.1 Å². The minimum atomic E-state index is -0.603. The molecule has 0 radical (unpaired) electrons. The third kappa shape index (κ3) is 46.2. The average molecular weight is 1470 g/mol. The van der Waals surface area contributed by atoms with Gasteiger partial charge in [0.15, 0.2) is 0 Å². The summed E-state index contributed by atoms with van der Waals surface area (Å²) in [6.45, 7) is 44.9. The first-order valence-corrected chi connectivity index (χ1v) is 37.8. The molecule has 18 atom stereocenters. The third-order valence-electron chi connectivity index (χ3n) is 18.3. The lowest BCUT2D eigenvalue weighted by Gasteiger charge is -2.36. The molecule has 26 nitrogen and oxygen atoms in total. The van der Waals surface area contributed by atoms with Crippen LogP contribution >= 0.6 is 0 Å². The van der Waals surface area contributed by atoms with Crippen molar-refractivity contribution in [2.45, 2.75) is 262 Å². The number of rotatable bonds is 73. The van der Waals surface area contributed by atoms with Crippen LogP contribution in [0.1, 0.15) is 171 Å². The van der Waals surface area contributed by atoms with E-state index in [0.29, 0.717) is 151 Å². The van der Waals surface area contributed by atoms with Crippen LogP contribution < -0.4 is 0 Å². The Morgan fingerprint density at radius 3 is 0.545 bits per heavy atom. The molecule has 7 N–H and O–H groups in total. The second kappa shape index (κ2) is 58.0. The fraction of sp³-hybridized carbons (Fsp3) is 1.00. The van der Waals surface area contributed by atoms with E-state index in [9.17, 15) is 35.7 Å². The van der Waals surface area contributed by atoms with Gasteiger partial charge >= 0.3 is 0 Å². The van der Waals surface area contributed by atoms with Crippen LogP contribution in [0.4, 0.5) is 0 Å². The van der Waals surface area contributed by atoms with E-state index in [1.165, 1.54) is 0 Å². The highest BCUT2D eigenvalue weighted by Crippen LogP contribution is 2.31. The molecule has 26 heteroatoms. The van der Waals surface area contributed by atoms with Crippen molar-refractivity contribution in [2.24, 2.45) is 27.1 Å². The molecule has 0 fully saturated rings. The Bertz CT molecular complexity index is 1860. The lowest BCUT2D eigenvalue weighted by atomic mass is 9.87. The molecule has 0 spiro atoms. The van der Waals surface area contributed by atoms with Crippen molar-refractivity contribution in [1.29, 1.82) is 0 Å². The van der Waals surface area contributed by atoms with Crippen molar-refractivity contribution < 1.29 is 126 Å². The molecule has 17 unspecified atom stereocenters. The predicted molar refractivity (Wildman–Crippen MR) is 388 cm³/mol. The Morgan fingerprint density at radius 2 is 0.337 bits per heavy atom. The summed E-state index contributed by atoms with van der Waals surface area (Å²) in [6, 6.07) is 0. The number of hydrogen-bond acceptors (Lipinski definition) is 26. The Hall–Kier alpha value is -1.04. The summed E-state index contributed by atoms with van der Waals surface area (Å²) in [5, 5.41) is 67.6. The topological polar surface area (TPSA) is 317 Å². The molecule has 101 heavy (non-hydrogen) atoms. The van der Waals surface area contributed by atoms with Crippen LogP contribution in [0.15, 0.2) is 0 Å². The third-order valence-corrected chi connectivity index (χ3v) is 18.3. The van der Waals surface area contributed by atoms with Crippen LogP contribution in [-0.2, 0) is 90.0 Å². The molecule has 0 heterocycles. The molecular weight excluding hydrogens is 1320 g/mol. The molecule has 0 rings (SSSR count). The van der Waals surface area contributed by atoms with Gasteiger partial charge in [0.05, 0.1) is 290 Å². The van der Waals surface area contributed by atoms with E-state index in [2.05, 4.69) is 20.8 Å². The minimum Gasteiger partial charge on any atom is -0.394 e. The first-order chi connectivity index (χ1) is 48.0. The zero-order valence-corrected chi connectivity index (χ0v) is 66.8. The van der Waals surface area contributed by atoms with Crippen molar-refractivity contribution in [3.63, 3.8) is 0 Å². The van der Waals surface area contributed by atoms with Crippen LogP contribution in [0.3, 0.4) is 0 Å². The Kier molecular flexibility index (Phi) is 57.4. The van der Waals surface area contributed by atoms with Gasteiger partial charge < -0.3 is 126 Å². The van der Waals surface area contributed by atoms with Gasteiger partial charge in [0, 0.05) is 27.1 Å². The number of aliphatic hydroxyl groups is 7. The SMILES string of the molecule is CCC(COCC(C)OCC(C)OCC(CC)(COCC(C)O[C@H](C)CO)COC(C)CO)(COCC(C)OCC(CC)(COCC(C)OC(C)CO)COC(C)COCC(C)OCC(CC)(COC(C)CO)COC(C)CO)COC(C)COCC(CC)(COC(C)CO)COC(C)CO. The minimum absolute atomic E-state index is 0.0817. The van der Waals surface area contributed by atoms with Crippen molar-refractivity contribution >= 4 is 0 Å². The number of aliphatic hydroxyl groups excluding tert-OH is 7. The lowest BCUT2D eigenvalue weighted by Crippen LogP contribution is -2.42. The maximum Gasteiger partial charge on any atom is 0.0785 e. The van der Waals surface area contributed by atoms with Gasteiger partial charge in [-0.1, -0.05) is 34.6 Å². The van der Waals surface area contributed by atoms with E-state index in [4.69, 9.17) is 90.0 Å². The summed E-state index contributed by atoms with van der Waals surface area (Å²) in [5.74, 6) is 0. The normalized spacial score (nSPS) is 20.0. The molecule has 0 aromatic rings. The average Bonchev–Trinajstić information content (AvgIpc) is 0.914. The number of hydrogen-bond donors (Lipinski definition) is 7. The molecule has 0 aliphatic carbocycles. The molecule has 0 amide bonds. The zero-order valence-electron chi connectivity index (χ0n) is 66.8. The van der Waals surface area contributed by atoms with Gasteiger partial charge in [-0.3, -0.25) is 0 Å². The molecule has 608 valence electrons. The fourth-order valence-electron chi connectivity index (χ4n) is 9.76. The summed E-state index contributed by atoms with van der Waals surface area (Å²) in [5.41, 5.74) is -2.71. The van der Waals surface area contributed by atoms with E-state index in [1.807, 2.05) is 118 Å². The Labute approximate surface area is 610 Å². The molecule has 0 aromatic heterocycles. The van der Waals surface area contributed by atoms with E-state index >= 15 is 0 Å². The molecule has 0 aliphatic heterocycles. The van der Waals surface area contributed by atoms with Gasteiger partial charge in [-0.15, -0.1) is 0 Å². The summed E-state index contributed by atoms with van der Waals surface area (Å²) in [4.78, 5) is 0. The van der Waals surface area contributed by atoms with Crippen LogP contribution in [-0.4, -0.2) is 326 Å². The Balaban J connectivity index is 6.46. The van der Waals surface area contributed by atoms with Crippen LogP contribution in [0, 0.1) is 27.1 Å². The molecule has 0 aromatic carbocycles. The van der Waals surface area contributed by atoms with Crippen LogP contribution in [0.2, 0.25) is 0 Å². The van der Waals surface area contributed by atoms with E-state index in [0.717, 1.165) is 0 Å². The zero-order chi connectivity index (χ0) is 76.3. The summed E-state index contributed by atoms with van der Waals surface area (Å²) < 4.78 is 119. The van der Waals surface area contributed by atoms with Gasteiger partial charge in [0.2, 0.25) is 0 Å². The highest BCUT2D eigenvalue weighted by Gasteiger charge is 2.37. The quantitative estimate of drug-likeness (QED) is 0.0320. The molecule has 0 bridgehead atoms. The molecule has 0 saturated heterocycles. The lowest BCUT2D eigenvalue weighted by molar-refractivity contribution is -0.144. The van der Waals surface area contributed by atoms with Crippen LogP contribution in [0.5, 0.6) is 0 Å². The predicted octanol–water partition coefficient (Wildman–Crippen LogP) is 7.06.